The average molecular weight is 245 g/mol. The van der Waals surface area contributed by atoms with Crippen LogP contribution in [0.5, 0.6) is 0 Å². The fourth-order valence-electron chi connectivity index (χ4n) is 2.45. The van der Waals surface area contributed by atoms with Gasteiger partial charge in [-0.2, -0.15) is 0 Å². The number of rotatable bonds is 6. The molecular weight excluding hydrogens is 224 g/mol. The number of aliphatic hydroxyl groups is 1. The number of amidine groups is 1. The molecule has 0 aliphatic carbocycles. The first kappa shape index (κ1) is 12.8. The Morgan fingerprint density at radius 3 is 2.83 bits per heavy atom. The van der Waals surface area contributed by atoms with E-state index >= 15 is 0 Å². The number of nitrogens with zero attached hydrogens (tertiary/aromatic N) is 1. The first-order valence-electron chi connectivity index (χ1n) is 6.47. The standard InChI is InChI=1S/C15H20N2O/c1-2-6-14-12-16-15(17(14)9-10-18)11-13-7-4-3-5-8-13/h2-5,7-8,14,18H,1,6,9-12H2/p+1. The van der Waals surface area contributed by atoms with Crippen LogP contribution in [-0.2, 0) is 6.42 Å². The zero-order valence-corrected chi connectivity index (χ0v) is 10.7. The maximum absolute atomic E-state index is 9.19. The van der Waals surface area contributed by atoms with Gasteiger partial charge < -0.3 is 5.11 Å². The summed E-state index contributed by atoms with van der Waals surface area (Å²) in [4.78, 5) is 0. The Morgan fingerprint density at radius 1 is 1.39 bits per heavy atom. The molecule has 1 atom stereocenters. The fraction of sp³-hybridized carbons (Fsp3) is 0.400. The Kier molecular flexibility index (Phi) is 4.53. The molecule has 0 saturated heterocycles. The summed E-state index contributed by atoms with van der Waals surface area (Å²) in [5.41, 5.74) is 1.29. The molecule has 0 aromatic heterocycles. The van der Waals surface area contributed by atoms with Crippen LogP contribution in [0, 0.1) is 0 Å². The van der Waals surface area contributed by atoms with Gasteiger partial charge in [0.1, 0.15) is 19.1 Å². The summed E-state index contributed by atoms with van der Waals surface area (Å²) in [6, 6.07) is 10.8. The van der Waals surface area contributed by atoms with Gasteiger partial charge in [0.2, 0.25) is 5.84 Å². The second kappa shape index (κ2) is 6.36. The smallest absolute Gasteiger partial charge is 0.249 e. The maximum atomic E-state index is 9.19. The Bertz CT molecular complexity index is 425. The minimum atomic E-state index is 0.188. The van der Waals surface area contributed by atoms with Crippen LogP contribution in [0.25, 0.3) is 0 Å². The average Bonchev–Trinajstić information content (AvgIpc) is 2.75. The van der Waals surface area contributed by atoms with Gasteiger partial charge in [-0.05, 0) is 5.56 Å². The molecule has 0 radical (unpaired) electrons. The maximum Gasteiger partial charge on any atom is 0.249 e. The highest BCUT2D eigenvalue weighted by atomic mass is 16.3. The lowest BCUT2D eigenvalue weighted by Crippen LogP contribution is -2.29. The van der Waals surface area contributed by atoms with E-state index in [2.05, 4.69) is 40.7 Å². The first-order chi connectivity index (χ1) is 8.85. The molecule has 3 nitrogen and oxygen atoms in total. The molecule has 2 N–H and O–H groups in total. The molecule has 1 aromatic carbocycles. The number of β-amino-alcohol motifs (C(OH)–C–C–N with tert-alkyl or cyclic N) is 1. The van der Waals surface area contributed by atoms with E-state index < -0.39 is 0 Å². The van der Waals surface area contributed by atoms with Crippen molar-refractivity contribution in [2.45, 2.75) is 18.9 Å². The van der Waals surface area contributed by atoms with Crippen molar-refractivity contribution in [2.24, 2.45) is 0 Å². The molecule has 1 heterocycles. The number of hydrogen-bond acceptors (Lipinski definition) is 2. The molecule has 3 heteroatoms. The van der Waals surface area contributed by atoms with E-state index in [1.807, 2.05) is 12.1 Å². The highest BCUT2D eigenvalue weighted by Gasteiger charge is 2.29. The van der Waals surface area contributed by atoms with E-state index in [4.69, 9.17) is 0 Å². The Labute approximate surface area is 108 Å². The lowest BCUT2D eigenvalue weighted by atomic mass is 10.1. The van der Waals surface area contributed by atoms with Crippen molar-refractivity contribution in [1.29, 1.82) is 0 Å². The van der Waals surface area contributed by atoms with E-state index in [0.29, 0.717) is 12.6 Å². The second-order valence-electron chi connectivity index (χ2n) is 4.59. The number of nitrogens with one attached hydrogen (secondary N) is 1. The molecule has 96 valence electrons. The van der Waals surface area contributed by atoms with Crippen LogP contribution >= 0.6 is 0 Å². The van der Waals surface area contributed by atoms with Gasteiger partial charge in [0.15, 0.2) is 0 Å². The monoisotopic (exact) mass is 245 g/mol. The largest absolute Gasteiger partial charge is 0.392 e. The molecule has 1 aliphatic heterocycles. The molecule has 0 fully saturated rings. The summed E-state index contributed by atoms with van der Waals surface area (Å²) >= 11 is 0. The third kappa shape index (κ3) is 2.99. The van der Waals surface area contributed by atoms with Gasteiger partial charge >= 0.3 is 0 Å². The van der Waals surface area contributed by atoms with Crippen LogP contribution in [0.3, 0.4) is 0 Å². The van der Waals surface area contributed by atoms with Crippen LogP contribution < -0.4 is 5.32 Å². The number of benzene rings is 1. The highest BCUT2D eigenvalue weighted by molar-refractivity contribution is 5.80. The van der Waals surface area contributed by atoms with E-state index in [0.717, 1.165) is 19.4 Å². The van der Waals surface area contributed by atoms with Gasteiger partial charge in [-0.15, -0.1) is 6.58 Å². The third-order valence-electron chi connectivity index (χ3n) is 3.32. The molecule has 1 aliphatic rings. The number of hydrogen-bond donors (Lipinski definition) is 2. The summed E-state index contributed by atoms with van der Waals surface area (Å²) in [5, 5.41) is 12.6. The minimum Gasteiger partial charge on any atom is -0.392 e. The SMILES string of the molecule is C=CCC1CNC(Cc2ccccc2)=[N+]1CCO. The Morgan fingerprint density at radius 2 is 2.17 bits per heavy atom. The quantitative estimate of drug-likeness (QED) is 0.583. The summed E-state index contributed by atoms with van der Waals surface area (Å²) in [7, 11) is 0. The Balaban J connectivity index is 2.15. The van der Waals surface area contributed by atoms with Crippen molar-refractivity contribution < 1.29 is 9.68 Å². The predicted octanol–water partition coefficient (Wildman–Crippen LogP) is 1.18. The summed E-state index contributed by atoms with van der Waals surface area (Å²) in [5.74, 6) is 1.21. The van der Waals surface area contributed by atoms with Crippen molar-refractivity contribution in [2.75, 3.05) is 19.7 Å². The van der Waals surface area contributed by atoms with Crippen molar-refractivity contribution in [3.63, 3.8) is 0 Å². The topological polar surface area (TPSA) is 35.3 Å². The van der Waals surface area contributed by atoms with Gasteiger partial charge in [0.05, 0.1) is 13.0 Å². The van der Waals surface area contributed by atoms with Gasteiger partial charge in [-0.3, -0.25) is 9.89 Å². The lowest BCUT2D eigenvalue weighted by molar-refractivity contribution is -0.557. The van der Waals surface area contributed by atoms with Crippen LogP contribution in [0.4, 0.5) is 0 Å². The molecule has 18 heavy (non-hydrogen) atoms. The molecule has 0 saturated carbocycles. The zero-order chi connectivity index (χ0) is 12.8. The van der Waals surface area contributed by atoms with Gasteiger partial charge in [0.25, 0.3) is 0 Å². The normalized spacial score (nSPS) is 18.8. The van der Waals surface area contributed by atoms with Crippen molar-refractivity contribution in [3.05, 3.63) is 48.6 Å². The molecule has 0 amide bonds. The summed E-state index contributed by atoms with van der Waals surface area (Å²) in [6.07, 6.45) is 3.79. The first-order valence-corrected chi connectivity index (χ1v) is 6.47. The van der Waals surface area contributed by atoms with Crippen molar-refractivity contribution in [1.82, 2.24) is 5.32 Å². The van der Waals surface area contributed by atoms with Crippen molar-refractivity contribution >= 4 is 5.84 Å². The van der Waals surface area contributed by atoms with Crippen LogP contribution in [0.2, 0.25) is 0 Å². The predicted molar refractivity (Wildman–Crippen MR) is 74.0 cm³/mol. The molecule has 0 spiro atoms. The second-order valence-corrected chi connectivity index (χ2v) is 4.59. The molecule has 1 unspecified atom stereocenters. The molecule has 1 aromatic rings. The van der Waals surface area contributed by atoms with E-state index in [9.17, 15) is 5.11 Å². The highest BCUT2D eigenvalue weighted by Crippen LogP contribution is 2.08. The summed E-state index contributed by atoms with van der Waals surface area (Å²) in [6.45, 7) is 5.62. The van der Waals surface area contributed by atoms with Gasteiger partial charge in [0, 0.05) is 6.42 Å². The number of aliphatic hydroxyl groups excluding tert-OH is 1. The third-order valence-corrected chi connectivity index (χ3v) is 3.32. The summed E-state index contributed by atoms with van der Waals surface area (Å²) < 4.78 is 2.27. The van der Waals surface area contributed by atoms with E-state index in [1.165, 1.54) is 11.4 Å². The van der Waals surface area contributed by atoms with E-state index in [1.54, 1.807) is 0 Å². The van der Waals surface area contributed by atoms with Gasteiger partial charge in [-0.1, -0.05) is 36.4 Å². The lowest BCUT2D eigenvalue weighted by Gasteiger charge is -2.09. The minimum absolute atomic E-state index is 0.188. The van der Waals surface area contributed by atoms with Gasteiger partial charge in [-0.25, -0.2) is 0 Å². The van der Waals surface area contributed by atoms with Crippen molar-refractivity contribution in [3.8, 4) is 0 Å². The van der Waals surface area contributed by atoms with Crippen LogP contribution in [-0.4, -0.2) is 41.3 Å². The zero-order valence-electron chi connectivity index (χ0n) is 10.7. The van der Waals surface area contributed by atoms with Crippen LogP contribution in [0.15, 0.2) is 43.0 Å². The Hall–Kier alpha value is -1.61. The molecule has 2 rings (SSSR count). The molecular formula is C15H21N2O+. The molecule has 0 bridgehead atoms. The van der Waals surface area contributed by atoms with Crippen LogP contribution in [0.1, 0.15) is 12.0 Å². The van der Waals surface area contributed by atoms with E-state index in [-0.39, 0.29) is 6.61 Å². The fourth-order valence-corrected chi connectivity index (χ4v) is 2.45.